The van der Waals surface area contributed by atoms with Gasteiger partial charge in [-0.05, 0) is 63.5 Å². The number of carbonyl (C=O) groups is 2. The Morgan fingerprint density at radius 1 is 1.09 bits per heavy atom. The lowest BCUT2D eigenvalue weighted by Crippen LogP contribution is -2.44. The molecule has 1 rings (SSSR count). The van der Waals surface area contributed by atoms with Gasteiger partial charge < -0.3 is 9.47 Å². The molecule has 0 aliphatic heterocycles. The van der Waals surface area contributed by atoms with Gasteiger partial charge in [-0.2, -0.15) is 4.90 Å². The van der Waals surface area contributed by atoms with Crippen LogP contribution in [0, 0.1) is 0 Å². The zero-order valence-electron chi connectivity index (χ0n) is 13.9. The Morgan fingerprint density at radius 3 is 1.91 bits per heavy atom. The number of pyridine rings is 1. The first-order chi connectivity index (χ1) is 10.3. The van der Waals surface area contributed by atoms with Gasteiger partial charge in [-0.3, -0.25) is 0 Å². The topological polar surface area (TPSA) is 68.7 Å². The third-order valence-electron chi connectivity index (χ3n) is 2.19. The van der Waals surface area contributed by atoms with E-state index >= 15 is 0 Å². The third-order valence-corrected chi connectivity index (χ3v) is 3.45. The van der Waals surface area contributed by atoms with E-state index in [0.29, 0.717) is 9.37 Å². The molecule has 0 saturated carbocycles. The summed E-state index contributed by atoms with van der Waals surface area (Å²) >= 11 is 9.38. The fraction of sp³-hybridized carbons (Fsp3) is 0.533. The number of hydrogen-bond acceptors (Lipinski definition) is 5. The Bertz CT molecular complexity index is 580. The quantitative estimate of drug-likeness (QED) is 0.642. The molecule has 0 spiro atoms. The summed E-state index contributed by atoms with van der Waals surface area (Å²) in [5, 5.41) is 0.101. The number of ether oxygens (including phenoxy) is 2. The average molecular weight is 408 g/mol. The number of rotatable bonds is 1. The van der Waals surface area contributed by atoms with Crippen molar-refractivity contribution in [3.63, 3.8) is 0 Å². The molecule has 1 heterocycles. The molecular weight excluding hydrogens is 388 g/mol. The Labute approximate surface area is 149 Å². The van der Waals surface area contributed by atoms with E-state index in [2.05, 4.69) is 20.9 Å². The number of aromatic nitrogens is 1. The summed E-state index contributed by atoms with van der Waals surface area (Å²) in [6, 6.07) is 1.59. The van der Waals surface area contributed by atoms with E-state index in [1.165, 1.54) is 6.20 Å². The van der Waals surface area contributed by atoms with Crippen molar-refractivity contribution in [2.75, 3.05) is 4.90 Å². The summed E-state index contributed by atoms with van der Waals surface area (Å²) in [5.74, 6) is -0.0652. The number of carbonyl (C=O) groups excluding carboxylic acids is 2. The number of nitrogens with zero attached hydrogens (tertiary/aromatic N) is 2. The van der Waals surface area contributed by atoms with Gasteiger partial charge in [0, 0.05) is 10.7 Å². The Balaban J connectivity index is 3.29. The van der Waals surface area contributed by atoms with Gasteiger partial charge >= 0.3 is 12.2 Å². The second kappa shape index (κ2) is 7.05. The van der Waals surface area contributed by atoms with Gasteiger partial charge in [0.2, 0.25) is 0 Å². The SMILES string of the molecule is CC(C)(C)OC(=O)N(C(=O)OC(C)(C)C)c1nccc(Br)c1Cl. The summed E-state index contributed by atoms with van der Waals surface area (Å²) in [4.78, 5) is 29.6. The van der Waals surface area contributed by atoms with Crippen molar-refractivity contribution in [2.45, 2.75) is 52.7 Å². The summed E-state index contributed by atoms with van der Waals surface area (Å²) in [6.07, 6.45) is -0.425. The lowest BCUT2D eigenvalue weighted by Gasteiger charge is -2.28. The molecule has 0 fully saturated rings. The van der Waals surface area contributed by atoms with Crippen LogP contribution < -0.4 is 4.90 Å². The van der Waals surface area contributed by atoms with Gasteiger partial charge in [0.05, 0.1) is 5.02 Å². The second-order valence-corrected chi connectivity index (χ2v) is 7.96. The zero-order chi connectivity index (χ0) is 18.0. The molecule has 0 bridgehead atoms. The van der Waals surface area contributed by atoms with Crippen molar-refractivity contribution >= 4 is 45.5 Å². The highest BCUT2D eigenvalue weighted by molar-refractivity contribution is 9.10. The fourth-order valence-corrected chi connectivity index (χ4v) is 1.92. The lowest BCUT2D eigenvalue weighted by molar-refractivity contribution is 0.0429. The molecule has 23 heavy (non-hydrogen) atoms. The normalized spacial score (nSPS) is 11.8. The molecular formula is C15H20BrClN2O4. The van der Waals surface area contributed by atoms with E-state index in [4.69, 9.17) is 21.1 Å². The van der Waals surface area contributed by atoms with Crippen LogP contribution in [0.1, 0.15) is 41.5 Å². The van der Waals surface area contributed by atoms with Crippen molar-refractivity contribution in [2.24, 2.45) is 0 Å². The van der Waals surface area contributed by atoms with Crippen molar-refractivity contribution in [3.05, 3.63) is 21.8 Å². The predicted molar refractivity (Wildman–Crippen MR) is 91.9 cm³/mol. The molecule has 0 saturated heterocycles. The summed E-state index contributed by atoms with van der Waals surface area (Å²) in [6.45, 7) is 10.1. The van der Waals surface area contributed by atoms with Crippen LogP contribution >= 0.6 is 27.5 Å². The first-order valence-electron chi connectivity index (χ1n) is 6.88. The molecule has 6 nitrogen and oxygen atoms in total. The highest BCUT2D eigenvalue weighted by Gasteiger charge is 2.35. The fourth-order valence-electron chi connectivity index (χ4n) is 1.43. The van der Waals surface area contributed by atoms with Gasteiger partial charge in [0.15, 0.2) is 5.82 Å². The number of amides is 2. The first-order valence-corrected chi connectivity index (χ1v) is 8.05. The highest BCUT2D eigenvalue weighted by atomic mass is 79.9. The minimum Gasteiger partial charge on any atom is -0.443 e. The van der Waals surface area contributed by atoms with E-state index in [1.807, 2.05) is 0 Å². The standard InChI is InChI=1S/C15H20BrClN2O4/c1-14(2,3)22-12(20)19(13(21)23-15(4,5)6)11-10(17)9(16)7-8-18-11/h7-8H,1-6H3. The number of imide groups is 1. The van der Waals surface area contributed by atoms with Crippen LogP contribution in [0.15, 0.2) is 16.7 Å². The predicted octanol–water partition coefficient (Wildman–Crippen LogP) is 5.17. The van der Waals surface area contributed by atoms with E-state index in [-0.39, 0.29) is 10.8 Å². The number of hydrogen-bond donors (Lipinski definition) is 0. The molecule has 0 aromatic carbocycles. The molecule has 2 amide bonds. The van der Waals surface area contributed by atoms with Crippen LogP contribution in [0.3, 0.4) is 0 Å². The van der Waals surface area contributed by atoms with Crippen LogP contribution in [0.5, 0.6) is 0 Å². The van der Waals surface area contributed by atoms with E-state index in [9.17, 15) is 9.59 Å². The van der Waals surface area contributed by atoms with Crippen LogP contribution in [-0.4, -0.2) is 28.4 Å². The van der Waals surface area contributed by atoms with E-state index in [1.54, 1.807) is 47.6 Å². The van der Waals surface area contributed by atoms with Crippen molar-refractivity contribution in [1.29, 1.82) is 0 Å². The Hall–Kier alpha value is -1.34. The zero-order valence-corrected chi connectivity index (χ0v) is 16.3. The van der Waals surface area contributed by atoms with E-state index in [0.717, 1.165) is 0 Å². The Kier molecular flexibility index (Phi) is 6.04. The molecule has 0 aliphatic carbocycles. The van der Waals surface area contributed by atoms with Gasteiger partial charge in [-0.15, -0.1) is 0 Å². The average Bonchev–Trinajstić information content (AvgIpc) is 2.30. The lowest BCUT2D eigenvalue weighted by atomic mass is 10.2. The molecule has 1 aromatic rings. The molecule has 0 radical (unpaired) electrons. The van der Waals surface area contributed by atoms with Crippen molar-refractivity contribution < 1.29 is 19.1 Å². The summed E-state index contributed by atoms with van der Waals surface area (Å²) < 4.78 is 11.0. The monoisotopic (exact) mass is 406 g/mol. The minimum atomic E-state index is -0.917. The van der Waals surface area contributed by atoms with Crippen LogP contribution in [0.4, 0.5) is 15.4 Å². The minimum absolute atomic E-state index is 0.0652. The largest absolute Gasteiger partial charge is 0.443 e. The Morgan fingerprint density at radius 2 is 1.52 bits per heavy atom. The maximum absolute atomic E-state index is 12.4. The van der Waals surface area contributed by atoms with Crippen molar-refractivity contribution in [3.8, 4) is 0 Å². The molecule has 1 aromatic heterocycles. The van der Waals surface area contributed by atoms with E-state index < -0.39 is 23.4 Å². The van der Waals surface area contributed by atoms with Crippen LogP contribution in [0.25, 0.3) is 0 Å². The second-order valence-electron chi connectivity index (χ2n) is 6.73. The van der Waals surface area contributed by atoms with Gasteiger partial charge in [-0.1, -0.05) is 11.6 Å². The first kappa shape index (κ1) is 19.7. The number of halogens is 2. The van der Waals surface area contributed by atoms with Gasteiger partial charge in [0.1, 0.15) is 11.2 Å². The van der Waals surface area contributed by atoms with Gasteiger partial charge in [0.25, 0.3) is 0 Å². The molecule has 8 heteroatoms. The van der Waals surface area contributed by atoms with Crippen molar-refractivity contribution in [1.82, 2.24) is 4.98 Å². The molecule has 0 N–H and O–H groups in total. The van der Waals surface area contributed by atoms with Crippen LogP contribution in [0.2, 0.25) is 5.02 Å². The summed E-state index contributed by atoms with van der Waals surface area (Å²) in [7, 11) is 0. The van der Waals surface area contributed by atoms with Crippen LogP contribution in [-0.2, 0) is 9.47 Å². The maximum Gasteiger partial charge on any atom is 0.425 e. The number of anilines is 1. The third kappa shape index (κ3) is 5.99. The maximum atomic E-state index is 12.4. The van der Waals surface area contributed by atoms with Gasteiger partial charge in [-0.25, -0.2) is 14.6 Å². The highest BCUT2D eigenvalue weighted by Crippen LogP contribution is 2.32. The molecule has 0 aliphatic rings. The molecule has 0 unspecified atom stereocenters. The molecule has 0 atom stereocenters. The summed E-state index contributed by atoms with van der Waals surface area (Å²) in [5.41, 5.74) is -1.59. The molecule has 128 valence electrons. The smallest absolute Gasteiger partial charge is 0.425 e.